The maximum Gasteiger partial charge on any atom is 0.169 e. The fourth-order valence-electron chi connectivity index (χ4n) is 7.78. The molecule has 51 heavy (non-hydrogen) atoms. The SMILES string of the molecule is CCCC/C=C\C/C=C\CCCCCCCCC1(CCCCCCCC/C=C\C/C=C\CCCC)O[C@H]2CC(N(C)Cc3cccnc3)C[C@H]2O1. The third-order valence-corrected chi connectivity index (χ3v) is 11.0. The van der Waals surface area contributed by atoms with Gasteiger partial charge in [-0.05, 0) is 95.7 Å². The topological polar surface area (TPSA) is 34.6 Å². The molecule has 4 heteroatoms. The van der Waals surface area contributed by atoms with E-state index >= 15 is 0 Å². The predicted octanol–water partition coefficient (Wildman–Crippen LogP) is 13.8. The van der Waals surface area contributed by atoms with Gasteiger partial charge < -0.3 is 9.47 Å². The van der Waals surface area contributed by atoms with Crippen molar-refractivity contribution in [3.05, 3.63) is 78.7 Å². The summed E-state index contributed by atoms with van der Waals surface area (Å²) in [4.78, 5) is 6.79. The Morgan fingerprint density at radius 3 is 1.53 bits per heavy atom. The van der Waals surface area contributed by atoms with Crippen LogP contribution in [0.15, 0.2) is 73.1 Å². The minimum absolute atomic E-state index is 0.242. The van der Waals surface area contributed by atoms with Gasteiger partial charge in [0.1, 0.15) is 0 Å². The van der Waals surface area contributed by atoms with E-state index in [1.165, 1.54) is 134 Å². The van der Waals surface area contributed by atoms with E-state index in [-0.39, 0.29) is 18.0 Å². The molecule has 0 spiro atoms. The van der Waals surface area contributed by atoms with Gasteiger partial charge in [0.2, 0.25) is 0 Å². The molecule has 0 bridgehead atoms. The minimum Gasteiger partial charge on any atom is -0.344 e. The first kappa shape index (κ1) is 43.4. The van der Waals surface area contributed by atoms with Crippen molar-refractivity contribution in [3.8, 4) is 0 Å². The Morgan fingerprint density at radius 1 is 0.627 bits per heavy atom. The van der Waals surface area contributed by atoms with Gasteiger partial charge in [-0.1, -0.05) is 146 Å². The van der Waals surface area contributed by atoms with Gasteiger partial charge in [0.15, 0.2) is 5.79 Å². The van der Waals surface area contributed by atoms with E-state index in [4.69, 9.17) is 9.47 Å². The van der Waals surface area contributed by atoms with Crippen LogP contribution in [0.2, 0.25) is 0 Å². The van der Waals surface area contributed by atoms with Gasteiger partial charge in [0.05, 0.1) is 12.2 Å². The zero-order valence-corrected chi connectivity index (χ0v) is 33.5. The Bertz CT molecular complexity index is 1020. The standard InChI is InChI=1S/C47H78N2O2/c1-4-6-8-10-12-14-16-18-20-22-24-26-28-30-32-36-47(37-33-31-29-27-25-23-21-19-17-15-13-11-9-7-5-2)50-45-39-44(40-46(45)51-47)49(3)42-43-35-34-38-48-41-43/h10-13,16-19,34-35,38,41,44-46H,4-9,14-15,20-33,36-37,39-40,42H2,1-3H3/b12-10-,13-11-,18-16-,19-17-/t44?,45-,46+. The molecule has 0 N–H and O–H groups in total. The predicted molar refractivity (Wildman–Crippen MR) is 220 cm³/mol. The summed E-state index contributed by atoms with van der Waals surface area (Å²) in [5.74, 6) is -0.353. The van der Waals surface area contributed by atoms with E-state index < -0.39 is 0 Å². The van der Waals surface area contributed by atoms with Gasteiger partial charge >= 0.3 is 0 Å². The quantitative estimate of drug-likeness (QED) is 0.0570. The van der Waals surface area contributed by atoms with Crippen molar-refractivity contribution >= 4 is 0 Å². The van der Waals surface area contributed by atoms with Crippen molar-refractivity contribution < 1.29 is 9.47 Å². The number of pyridine rings is 1. The molecule has 3 rings (SSSR count). The van der Waals surface area contributed by atoms with Crippen LogP contribution in [0.4, 0.5) is 0 Å². The van der Waals surface area contributed by atoms with E-state index in [0.717, 1.165) is 45.1 Å². The van der Waals surface area contributed by atoms with Crippen LogP contribution in [0.25, 0.3) is 0 Å². The second-order valence-corrected chi connectivity index (χ2v) is 15.6. The highest BCUT2D eigenvalue weighted by Crippen LogP contribution is 2.45. The summed E-state index contributed by atoms with van der Waals surface area (Å²) in [7, 11) is 2.25. The normalized spacial score (nSPS) is 20.4. The van der Waals surface area contributed by atoms with Crippen LogP contribution < -0.4 is 0 Å². The van der Waals surface area contributed by atoms with Gasteiger partial charge in [-0.15, -0.1) is 0 Å². The molecular formula is C47H78N2O2. The van der Waals surface area contributed by atoms with E-state index in [1.54, 1.807) is 0 Å². The van der Waals surface area contributed by atoms with E-state index in [1.807, 2.05) is 18.5 Å². The molecule has 1 unspecified atom stereocenters. The molecule has 4 nitrogen and oxygen atoms in total. The highest BCUT2D eigenvalue weighted by molar-refractivity contribution is 5.09. The number of fused-ring (bicyclic) bond motifs is 1. The fraction of sp³-hybridized carbons (Fsp3) is 0.723. The highest BCUT2D eigenvalue weighted by Gasteiger charge is 2.51. The third-order valence-electron chi connectivity index (χ3n) is 11.0. The van der Waals surface area contributed by atoms with Crippen molar-refractivity contribution in [2.75, 3.05) is 7.05 Å². The third kappa shape index (κ3) is 19.6. The summed E-state index contributed by atoms with van der Waals surface area (Å²) in [5.41, 5.74) is 1.28. The smallest absolute Gasteiger partial charge is 0.169 e. The van der Waals surface area contributed by atoms with Crippen LogP contribution in [0.1, 0.15) is 186 Å². The van der Waals surface area contributed by atoms with Gasteiger partial charge in [-0.25, -0.2) is 0 Å². The van der Waals surface area contributed by atoms with Crippen molar-refractivity contribution in [2.45, 2.75) is 211 Å². The molecule has 1 aliphatic heterocycles. The average Bonchev–Trinajstić information content (AvgIpc) is 3.69. The van der Waals surface area contributed by atoms with Crippen LogP contribution in [0.3, 0.4) is 0 Å². The van der Waals surface area contributed by atoms with Gasteiger partial charge in [-0.2, -0.15) is 0 Å². The second kappa shape index (κ2) is 28.5. The molecule has 1 aliphatic carbocycles. The van der Waals surface area contributed by atoms with E-state index in [0.29, 0.717) is 6.04 Å². The molecule has 2 aliphatic rings. The van der Waals surface area contributed by atoms with Gasteiger partial charge in [-0.3, -0.25) is 9.88 Å². The summed E-state index contributed by atoms with van der Waals surface area (Å²) in [6, 6.07) is 4.72. The van der Waals surface area contributed by atoms with Crippen LogP contribution in [0.5, 0.6) is 0 Å². The Labute approximate surface area is 315 Å². The highest BCUT2D eigenvalue weighted by atomic mass is 16.8. The first-order valence-electron chi connectivity index (χ1n) is 21.7. The van der Waals surface area contributed by atoms with Gasteiger partial charge in [0.25, 0.3) is 0 Å². The van der Waals surface area contributed by atoms with Crippen LogP contribution in [-0.4, -0.2) is 41.0 Å². The Balaban J connectivity index is 1.32. The maximum absolute atomic E-state index is 6.96. The zero-order valence-electron chi connectivity index (χ0n) is 33.5. The molecule has 1 aromatic heterocycles. The second-order valence-electron chi connectivity index (χ2n) is 15.6. The van der Waals surface area contributed by atoms with Gasteiger partial charge in [0, 0.05) is 37.8 Å². The largest absolute Gasteiger partial charge is 0.344 e. The van der Waals surface area contributed by atoms with Crippen molar-refractivity contribution in [2.24, 2.45) is 0 Å². The lowest BCUT2D eigenvalue weighted by Crippen LogP contribution is -2.35. The van der Waals surface area contributed by atoms with Crippen LogP contribution >= 0.6 is 0 Å². The molecule has 0 aromatic carbocycles. The summed E-state index contributed by atoms with van der Waals surface area (Å²) in [6.07, 6.45) is 55.4. The fourth-order valence-corrected chi connectivity index (χ4v) is 7.78. The molecule has 2 heterocycles. The van der Waals surface area contributed by atoms with Crippen LogP contribution in [-0.2, 0) is 16.0 Å². The lowest BCUT2D eigenvalue weighted by atomic mass is 9.98. The number of allylic oxidation sites excluding steroid dienone is 8. The van der Waals surface area contributed by atoms with Crippen molar-refractivity contribution in [1.82, 2.24) is 9.88 Å². The lowest BCUT2D eigenvalue weighted by molar-refractivity contribution is -0.193. The molecule has 2 fully saturated rings. The average molecular weight is 703 g/mol. The molecule has 0 radical (unpaired) electrons. The number of rotatable bonds is 31. The number of aromatic nitrogens is 1. The molecule has 1 aromatic rings. The van der Waals surface area contributed by atoms with E-state index in [9.17, 15) is 0 Å². The lowest BCUT2D eigenvalue weighted by Gasteiger charge is -2.32. The monoisotopic (exact) mass is 703 g/mol. The van der Waals surface area contributed by atoms with Crippen molar-refractivity contribution in [1.29, 1.82) is 0 Å². The first-order valence-corrected chi connectivity index (χ1v) is 21.7. The molecule has 1 saturated carbocycles. The summed E-state index contributed by atoms with van der Waals surface area (Å²) >= 11 is 0. The number of hydrogen-bond acceptors (Lipinski definition) is 4. The molecule has 0 amide bonds. The number of unbranched alkanes of at least 4 members (excludes halogenated alkanes) is 16. The number of hydrogen-bond donors (Lipinski definition) is 0. The molecule has 3 atom stereocenters. The van der Waals surface area contributed by atoms with Crippen molar-refractivity contribution in [3.63, 3.8) is 0 Å². The Morgan fingerprint density at radius 2 is 1.08 bits per heavy atom. The Hall–Kier alpha value is -2.01. The molecule has 1 saturated heterocycles. The number of ether oxygens (including phenoxy) is 2. The summed E-state index contributed by atoms with van der Waals surface area (Å²) in [6.45, 7) is 5.45. The first-order chi connectivity index (χ1) is 25.2. The molecule has 288 valence electrons. The minimum atomic E-state index is -0.353. The summed E-state index contributed by atoms with van der Waals surface area (Å²) < 4.78 is 13.9. The summed E-state index contributed by atoms with van der Waals surface area (Å²) in [5, 5.41) is 0. The van der Waals surface area contributed by atoms with E-state index in [2.05, 4.69) is 85.5 Å². The Kier molecular flexibility index (Phi) is 24.2. The maximum atomic E-state index is 6.96. The molecular weight excluding hydrogens is 625 g/mol. The van der Waals surface area contributed by atoms with Crippen LogP contribution in [0, 0.1) is 0 Å². The zero-order chi connectivity index (χ0) is 36.1. The number of nitrogens with zero attached hydrogens (tertiary/aromatic N) is 2.